The first-order valence-electron chi connectivity index (χ1n) is 3.79. The molecule has 0 saturated heterocycles. The lowest BCUT2D eigenvalue weighted by molar-refractivity contribution is -0.430. The number of nitrogens with two attached hydrogens (primary N) is 1. The maximum absolute atomic E-state index is 12.2. The van der Waals surface area contributed by atoms with Crippen LogP contribution in [0.1, 0.15) is 0 Å². The number of carboxylic acids is 1. The molecule has 0 aliphatic rings. The van der Waals surface area contributed by atoms with Crippen molar-refractivity contribution in [3.63, 3.8) is 0 Å². The van der Waals surface area contributed by atoms with Crippen LogP contribution in [0, 0.1) is 5.41 Å². The zero-order valence-electron chi connectivity index (χ0n) is 7.91. The first-order valence-corrected chi connectivity index (χ1v) is 3.79. The Balaban J connectivity index is 6.36. The van der Waals surface area contributed by atoms with Crippen molar-refractivity contribution in [1.29, 1.82) is 0 Å². The predicted molar refractivity (Wildman–Crippen MR) is 36.2 cm³/mol. The first-order chi connectivity index (χ1) is 7.60. The Morgan fingerprint density at radius 2 is 1.06 bits per heavy atom. The van der Waals surface area contributed by atoms with Crippen molar-refractivity contribution in [2.24, 2.45) is 11.1 Å². The second-order valence-corrected chi connectivity index (χ2v) is 3.12. The van der Waals surface area contributed by atoms with Gasteiger partial charge in [-0.2, -0.15) is 39.5 Å². The molecule has 0 rings (SSSR count). The molecule has 3 nitrogen and oxygen atoms in total. The lowest BCUT2D eigenvalue weighted by Gasteiger charge is -2.40. The van der Waals surface area contributed by atoms with Gasteiger partial charge in [0, 0.05) is 0 Å². The van der Waals surface area contributed by atoms with E-state index in [0.717, 1.165) is 0 Å². The fraction of sp³-hybridized carbons (Fsp3) is 0.833. The standard InChI is InChI=1S/C6H4F9NO2/c7-4(8,9)3(5(10,11)12,6(13,14)15)1(16)2(17)18/h1H,16H2,(H,17,18)/t1-/m1/s1. The van der Waals surface area contributed by atoms with Crippen molar-refractivity contribution in [2.45, 2.75) is 24.6 Å². The minimum atomic E-state index is -6.97. The van der Waals surface area contributed by atoms with Crippen LogP contribution in [0.4, 0.5) is 39.5 Å². The molecule has 0 aromatic carbocycles. The molecule has 1 atom stereocenters. The van der Waals surface area contributed by atoms with Crippen LogP contribution in [-0.2, 0) is 4.79 Å². The second-order valence-electron chi connectivity index (χ2n) is 3.12. The van der Waals surface area contributed by atoms with Gasteiger partial charge in [0.1, 0.15) is 6.04 Å². The molecule has 3 N–H and O–H groups in total. The van der Waals surface area contributed by atoms with E-state index in [0.29, 0.717) is 0 Å². The molecular weight excluding hydrogens is 289 g/mol. The number of rotatable bonds is 2. The summed E-state index contributed by atoms with van der Waals surface area (Å²) in [6, 6.07) is -4.27. The smallest absolute Gasteiger partial charge is 0.414 e. The lowest BCUT2D eigenvalue weighted by atomic mass is 9.78. The molecule has 0 aliphatic heterocycles. The molecule has 0 aromatic rings. The van der Waals surface area contributed by atoms with E-state index < -0.39 is 36.0 Å². The summed E-state index contributed by atoms with van der Waals surface area (Å²) in [6.45, 7) is 0. The molecule has 0 aromatic heterocycles. The van der Waals surface area contributed by atoms with Gasteiger partial charge in [0.05, 0.1) is 0 Å². The summed E-state index contributed by atoms with van der Waals surface area (Å²) in [5, 5.41) is 7.98. The fourth-order valence-corrected chi connectivity index (χ4v) is 1.20. The quantitative estimate of drug-likeness (QED) is 0.766. The average molecular weight is 293 g/mol. The third-order valence-electron chi connectivity index (χ3n) is 2.07. The highest BCUT2D eigenvalue weighted by molar-refractivity contribution is 5.75. The summed E-state index contributed by atoms with van der Waals surface area (Å²) in [6.07, 6.45) is -20.9. The highest BCUT2D eigenvalue weighted by atomic mass is 19.4. The number of aliphatic carboxylic acids is 1. The third kappa shape index (κ3) is 2.20. The maximum atomic E-state index is 12.2. The largest absolute Gasteiger partial charge is 0.480 e. The average Bonchev–Trinajstić information content (AvgIpc) is 1.94. The van der Waals surface area contributed by atoms with Gasteiger partial charge in [-0.25, -0.2) is 0 Å². The first kappa shape index (κ1) is 16.8. The van der Waals surface area contributed by atoms with Crippen molar-refractivity contribution in [3.8, 4) is 0 Å². The molecule has 18 heavy (non-hydrogen) atoms. The van der Waals surface area contributed by atoms with Gasteiger partial charge in [0.15, 0.2) is 0 Å². The van der Waals surface area contributed by atoms with E-state index in [1.807, 2.05) is 0 Å². The minimum Gasteiger partial charge on any atom is -0.480 e. The summed E-state index contributed by atoms with van der Waals surface area (Å²) >= 11 is 0. The number of carbonyl (C=O) groups is 1. The van der Waals surface area contributed by atoms with E-state index >= 15 is 0 Å². The Morgan fingerprint density at radius 1 is 0.833 bits per heavy atom. The number of carboxylic acid groups (broad SMARTS) is 1. The van der Waals surface area contributed by atoms with E-state index in [-0.39, 0.29) is 0 Å². The van der Waals surface area contributed by atoms with Crippen LogP contribution in [-0.4, -0.2) is 35.6 Å². The molecule has 0 aliphatic carbocycles. The highest BCUT2D eigenvalue weighted by Gasteiger charge is 2.87. The van der Waals surface area contributed by atoms with Gasteiger partial charge in [0.25, 0.3) is 5.41 Å². The van der Waals surface area contributed by atoms with Gasteiger partial charge in [-0.3, -0.25) is 4.79 Å². The monoisotopic (exact) mass is 293 g/mol. The molecule has 0 amide bonds. The molecule has 0 heterocycles. The summed E-state index contributed by atoms with van der Waals surface area (Å²) in [4.78, 5) is 10.1. The Hall–Kier alpha value is -1.20. The van der Waals surface area contributed by atoms with Crippen LogP contribution in [0.3, 0.4) is 0 Å². The fourth-order valence-electron chi connectivity index (χ4n) is 1.20. The SMILES string of the molecule is N[C@H](C(=O)O)C(C(F)(F)F)(C(F)(F)F)C(F)(F)F. The summed E-state index contributed by atoms with van der Waals surface area (Å²) < 4.78 is 110. The van der Waals surface area contributed by atoms with Crippen LogP contribution < -0.4 is 5.73 Å². The number of hydrogen-bond donors (Lipinski definition) is 2. The van der Waals surface area contributed by atoms with E-state index in [2.05, 4.69) is 5.73 Å². The van der Waals surface area contributed by atoms with Crippen molar-refractivity contribution in [2.75, 3.05) is 0 Å². The second kappa shape index (κ2) is 4.17. The van der Waals surface area contributed by atoms with Crippen LogP contribution in [0.15, 0.2) is 0 Å². The third-order valence-corrected chi connectivity index (χ3v) is 2.07. The topological polar surface area (TPSA) is 63.3 Å². The van der Waals surface area contributed by atoms with Crippen LogP contribution in [0.2, 0.25) is 0 Å². The van der Waals surface area contributed by atoms with Crippen LogP contribution in [0.25, 0.3) is 0 Å². The van der Waals surface area contributed by atoms with E-state index in [9.17, 15) is 44.3 Å². The molecule has 108 valence electrons. The molecule has 0 fully saturated rings. The van der Waals surface area contributed by atoms with Crippen molar-refractivity contribution in [1.82, 2.24) is 0 Å². The van der Waals surface area contributed by atoms with E-state index in [4.69, 9.17) is 5.11 Å². The molecule has 0 unspecified atom stereocenters. The summed E-state index contributed by atoms with van der Waals surface area (Å²) in [7, 11) is 0. The van der Waals surface area contributed by atoms with Crippen LogP contribution in [0.5, 0.6) is 0 Å². The molecular formula is C6H4F9NO2. The van der Waals surface area contributed by atoms with Crippen molar-refractivity contribution < 1.29 is 49.4 Å². The Morgan fingerprint density at radius 3 is 1.11 bits per heavy atom. The van der Waals surface area contributed by atoms with Crippen LogP contribution >= 0.6 is 0 Å². The van der Waals surface area contributed by atoms with Crippen molar-refractivity contribution >= 4 is 5.97 Å². The Labute approximate surface area is 92.3 Å². The lowest BCUT2D eigenvalue weighted by Crippen LogP contribution is -2.70. The van der Waals surface area contributed by atoms with Gasteiger partial charge in [-0.05, 0) is 0 Å². The zero-order chi connectivity index (χ0) is 15.2. The van der Waals surface area contributed by atoms with Gasteiger partial charge < -0.3 is 10.8 Å². The van der Waals surface area contributed by atoms with Gasteiger partial charge >= 0.3 is 24.5 Å². The predicted octanol–water partition coefficient (Wildman–Crippen LogP) is 2.07. The maximum Gasteiger partial charge on any atom is 0.414 e. The Bertz CT molecular complexity index is 291. The molecule has 0 bridgehead atoms. The van der Waals surface area contributed by atoms with E-state index in [1.165, 1.54) is 0 Å². The van der Waals surface area contributed by atoms with E-state index in [1.54, 1.807) is 0 Å². The zero-order valence-corrected chi connectivity index (χ0v) is 7.91. The summed E-state index contributed by atoms with van der Waals surface area (Å²) in [5.41, 5.74) is -2.53. The number of hydrogen-bond acceptors (Lipinski definition) is 2. The highest BCUT2D eigenvalue weighted by Crippen LogP contribution is 2.60. The number of halogens is 9. The molecule has 0 saturated carbocycles. The van der Waals surface area contributed by atoms with Crippen molar-refractivity contribution in [3.05, 3.63) is 0 Å². The van der Waals surface area contributed by atoms with Gasteiger partial charge in [-0.1, -0.05) is 0 Å². The Kier molecular flexibility index (Phi) is 3.89. The molecule has 0 spiro atoms. The number of alkyl halides is 9. The van der Waals surface area contributed by atoms with Gasteiger partial charge in [0.2, 0.25) is 0 Å². The van der Waals surface area contributed by atoms with Gasteiger partial charge in [-0.15, -0.1) is 0 Å². The normalized spacial score (nSPS) is 16.6. The molecule has 12 heteroatoms. The summed E-state index contributed by atoms with van der Waals surface area (Å²) in [5.74, 6) is -3.08. The molecule has 0 radical (unpaired) electrons. The minimum absolute atomic E-state index is 3.08.